The Bertz CT molecular complexity index is 2320. The van der Waals surface area contributed by atoms with Crippen LogP contribution >= 0.6 is 22.7 Å². The highest BCUT2D eigenvalue weighted by atomic mass is 32.1. The van der Waals surface area contributed by atoms with Gasteiger partial charge in [-0.2, -0.15) is 0 Å². The summed E-state index contributed by atoms with van der Waals surface area (Å²) in [6, 6.07) is 18.5. The van der Waals surface area contributed by atoms with Crippen LogP contribution in [0.4, 0.5) is 11.4 Å². The number of hydrogen-bond donors (Lipinski definition) is 0. The van der Waals surface area contributed by atoms with Crippen molar-refractivity contribution >= 4 is 57.0 Å². The van der Waals surface area contributed by atoms with E-state index in [1.807, 2.05) is 22.7 Å². The van der Waals surface area contributed by atoms with E-state index in [0.29, 0.717) is 24.2 Å². The van der Waals surface area contributed by atoms with Gasteiger partial charge in [-0.3, -0.25) is 9.59 Å². The molecule has 6 rings (SSSR count). The predicted molar refractivity (Wildman–Crippen MR) is 383 cm³/mol. The van der Waals surface area contributed by atoms with Gasteiger partial charge in [-0.25, -0.2) is 0 Å². The maximum atomic E-state index is 15.4. The van der Waals surface area contributed by atoms with Crippen molar-refractivity contribution in [1.29, 1.82) is 0 Å². The van der Waals surface area contributed by atoms with Crippen LogP contribution in [0.25, 0.3) is 32.0 Å². The van der Waals surface area contributed by atoms with Crippen LogP contribution in [0.1, 0.15) is 346 Å². The Morgan fingerprint density at radius 3 is 0.884 bits per heavy atom. The molecule has 2 unspecified atom stereocenters. The molecular weight excluding hydrogens is 1090 g/mol. The molecule has 4 nitrogen and oxygen atoms in total. The zero-order chi connectivity index (χ0) is 60.8. The van der Waals surface area contributed by atoms with Crippen molar-refractivity contribution in [2.45, 2.75) is 337 Å². The summed E-state index contributed by atoms with van der Waals surface area (Å²) in [6.07, 6.45) is 60.1. The molecule has 0 bridgehead atoms. The third kappa shape index (κ3) is 24.4. The van der Waals surface area contributed by atoms with Crippen molar-refractivity contribution in [2.24, 2.45) is 11.8 Å². The van der Waals surface area contributed by atoms with Crippen LogP contribution in [-0.2, 0) is 22.4 Å². The van der Waals surface area contributed by atoms with E-state index < -0.39 is 0 Å². The van der Waals surface area contributed by atoms with E-state index in [0.717, 1.165) is 72.9 Å². The van der Waals surface area contributed by atoms with E-state index in [4.69, 9.17) is 0 Å². The second kappa shape index (κ2) is 43.3. The number of fused-ring (bicyclic) bond motifs is 2. The number of nitrogens with zero attached hydrogens (tertiary/aromatic N) is 2. The molecule has 2 aliphatic rings. The van der Waals surface area contributed by atoms with Gasteiger partial charge in [0.25, 0.3) is 11.8 Å². The Morgan fingerprint density at radius 1 is 0.326 bits per heavy atom. The van der Waals surface area contributed by atoms with Gasteiger partial charge >= 0.3 is 0 Å². The van der Waals surface area contributed by atoms with Crippen LogP contribution in [0, 0.1) is 11.8 Å². The molecule has 2 aromatic heterocycles. The standard InChI is InChI=1S/C80H126N2O2S2/c1-7-13-19-25-31-33-37-43-49-65(47-41-35-27-21-15-9-3)57-67-59-75(85-63-67)69-51-53-71-73(61-69)81(55-45-39-29-23-17-11-5)79(83)77(71)78-72-54-52-70(62-74(72)82(80(78)84)56-46-40-30-24-18-12-6)76-60-68(64-86-76)58-66(48-42-36-28-22-16-10-4)50-44-38-34-32-26-20-14-8-2/h51-54,59-66H,7-50,55-58H2,1-6H3/b78-77+. The number of rotatable bonds is 52. The van der Waals surface area contributed by atoms with Crippen molar-refractivity contribution < 1.29 is 9.59 Å². The van der Waals surface area contributed by atoms with Crippen molar-refractivity contribution in [2.75, 3.05) is 22.9 Å². The number of amides is 2. The Labute approximate surface area is 537 Å². The molecule has 86 heavy (non-hydrogen) atoms. The second-order valence-electron chi connectivity index (χ2n) is 27.1. The lowest BCUT2D eigenvalue weighted by Crippen LogP contribution is -2.30. The Balaban J connectivity index is 1.26. The van der Waals surface area contributed by atoms with E-state index in [-0.39, 0.29) is 11.8 Å². The summed E-state index contributed by atoms with van der Waals surface area (Å²) >= 11 is 3.74. The number of thiophene rings is 2. The van der Waals surface area contributed by atoms with E-state index >= 15 is 9.59 Å². The topological polar surface area (TPSA) is 40.6 Å². The largest absolute Gasteiger partial charge is 0.308 e. The first-order valence-electron chi connectivity index (χ1n) is 37.2. The Morgan fingerprint density at radius 2 is 0.593 bits per heavy atom. The lowest BCUT2D eigenvalue weighted by atomic mass is 9.89. The maximum absolute atomic E-state index is 15.4. The predicted octanol–water partition coefficient (Wildman–Crippen LogP) is 26.3. The number of anilines is 2. The number of hydrogen-bond acceptors (Lipinski definition) is 4. The molecule has 2 amide bonds. The SMILES string of the molecule is CCCCCCCCCCC(CCCCCCCC)Cc1csc(-c2ccc3c(c2)N(CCCCCCCC)C(=O)/C3=C2/C(=O)N(CCCCCCCC)c3cc(-c4cc(CC(CCCCCCCC)CCCCCCCCCC)cs4)ccc32)c1. The van der Waals surface area contributed by atoms with E-state index in [2.05, 4.69) is 111 Å². The van der Waals surface area contributed by atoms with Crippen molar-refractivity contribution in [3.63, 3.8) is 0 Å². The summed E-state index contributed by atoms with van der Waals surface area (Å²) in [5.74, 6) is 1.48. The zero-order valence-electron chi connectivity index (χ0n) is 56.4. The molecule has 2 aliphatic heterocycles. The summed E-state index contributed by atoms with van der Waals surface area (Å²) in [5.41, 5.74) is 10.4. The molecule has 6 heteroatoms. The first kappa shape index (κ1) is 71.6. The van der Waals surface area contributed by atoms with Crippen molar-refractivity contribution in [3.8, 4) is 20.9 Å². The monoisotopic (exact) mass is 1210 g/mol. The molecule has 0 N–H and O–H groups in total. The molecule has 4 aromatic rings. The highest BCUT2D eigenvalue weighted by Gasteiger charge is 2.42. The van der Waals surface area contributed by atoms with Gasteiger partial charge in [-0.05, 0) is 94.8 Å². The van der Waals surface area contributed by atoms with Gasteiger partial charge in [-0.1, -0.05) is 335 Å². The number of carbonyl (C=O) groups excluding carboxylic acids is 2. The van der Waals surface area contributed by atoms with Crippen LogP contribution in [0.15, 0.2) is 59.3 Å². The molecule has 4 heterocycles. The highest BCUT2D eigenvalue weighted by Crippen LogP contribution is 2.49. The summed E-state index contributed by atoms with van der Waals surface area (Å²) in [7, 11) is 0. The van der Waals surface area contributed by atoms with E-state index in [1.165, 1.54) is 289 Å². The number of carbonyl (C=O) groups is 2. The molecule has 0 saturated heterocycles. The maximum Gasteiger partial charge on any atom is 0.259 e. The fourth-order valence-electron chi connectivity index (χ4n) is 14.2. The van der Waals surface area contributed by atoms with Gasteiger partial charge in [0.05, 0.1) is 22.5 Å². The van der Waals surface area contributed by atoms with Gasteiger partial charge < -0.3 is 9.80 Å². The normalized spacial score (nSPS) is 14.8. The first-order valence-corrected chi connectivity index (χ1v) is 38.9. The van der Waals surface area contributed by atoms with Gasteiger partial charge in [0.2, 0.25) is 0 Å². The fraction of sp³-hybridized carbons (Fsp3) is 0.700. The van der Waals surface area contributed by atoms with Crippen molar-refractivity contribution in [3.05, 3.63) is 81.5 Å². The number of benzene rings is 2. The summed E-state index contributed by atoms with van der Waals surface area (Å²) in [6.45, 7) is 15.2. The van der Waals surface area contributed by atoms with E-state index in [9.17, 15) is 0 Å². The van der Waals surface area contributed by atoms with Crippen LogP contribution < -0.4 is 9.80 Å². The van der Waals surface area contributed by atoms with Crippen molar-refractivity contribution in [1.82, 2.24) is 0 Å². The minimum Gasteiger partial charge on any atom is -0.308 e. The summed E-state index contributed by atoms with van der Waals surface area (Å²) in [4.78, 5) is 37.5. The first-order chi connectivity index (χ1) is 42.3. The smallest absolute Gasteiger partial charge is 0.259 e. The van der Waals surface area contributed by atoms with Crippen LogP contribution in [0.3, 0.4) is 0 Å². The minimum absolute atomic E-state index is 0.00116. The molecular formula is C80H126N2O2S2. The molecule has 2 atom stereocenters. The second-order valence-corrected chi connectivity index (χ2v) is 28.9. The highest BCUT2D eigenvalue weighted by molar-refractivity contribution is 7.14. The molecule has 0 spiro atoms. The Kier molecular flexibility index (Phi) is 36.0. The van der Waals surface area contributed by atoms with Gasteiger partial charge in [0.15, 0.2) is 0 Å². The molecule has 0 fully saturated rings. The average molecular weight is 1210 g/mol. The quantitative estimate of drug-likeness (QED) is 0.0327. The lowest BCUT2D eigenvalue weighted by Gasteiger charge is -2.18. The third-order valence-corrected chi connectivity index (χ3v) is 21.6. The van der Waals surface area contributed by atoms with Crippen LogP contribution in [0.5, 0.6) is 0 Å². The van der Waals surface area contributed by atoms with Gasteiger partial charge in [-0.15, -0.1) is 22.7 Å². The molecule has 480 valence electrons. The fourth-order valence-corrected chi connectivity index (χ4v) is 16.0. The zero-order valence-corrected chi connectivity index (χ0v) is 58.0. The molecule has 2 aromatic carbocycles. The van der Waals surface area contributed by atoms with Gasteiger partial charge in [0, 0.05) is 34.0 Å². The summed E-state index contributed by atoms with van der Waals surface area (Å²) in [5, 5.41) is 4.86. The number of unbranched alkanes of at least 4 members (excludes halogenated alkanes) is 34. The molecule has 0 aliphatic carbocycles. The lowest BCUT2D eigenvalue weighted by molar-refractivity contribution is -0.114. The Hall–Kier alpha value is -3.48. The molecule has 0 radical (unpaired) electrons. The minimum atomic E-state index is 0.00116. The van der Waals surface area contributed by atoms with Crippen LogP contribution in [0.2, 0.25) is 0 Å². The van der Waals surface area contributed by atoms with E-state index in [1.54, 1.807) is 0 Å². The third-order valence-electron chi connectivity index (χ3n) is 19.5. The summed E-state index contributed by atoms with van der Waals surface area (Å²) < 4.78 is 0. The van der Waals surface area contributed by atoms with Gasteiger partial charge in [0.1, 0.15) is 0 Å². The molecule has 0 saturated carbocycles. The average Bonchev–Trinajstić information content (AvgIpc) is 1.79. The van der Waals surface area contributed by atoms with Crippen LogP contribution in [-0.4, -0.2) is 24.9 Å².